The molecular formula is C10H18O3. The third-order valence-electron chi connectivity index (χ3n) is 2.73. The van der Waals surface area contributed by atoms with Crippen molar-refractivity contribution in [1.29, 1.82) is 0 Å². The van der Waals surface area contributed by atoms with Crippen molar-refractivity contribution >= 4 is 5.97 Å². The minimum atomic E-state index is -0.222. The highest BCUT2D eigenvalue weighted by Gasteiger charge is 2.32. The van der Waals surface area contributed by atoms with Crippen molar-refractivity contribution in [1.82, 2.24) is 0 Å². The number of carbonyl (C=O) groups excluding carboxylic acids is 1. The van der Waals surface area contributed by atoms with Gasteiger partial charge < -0.3 is 9.84 Å². The van der Waals surface area contributed by atoms with Crippen LogP contribution < -0.4 is 0 Å². The van der Waals surface area contributed by atoms with Crippen LogP contribution in [0.2, 0.25) is 0 Å². The first-order valence-electron chi connectivity index (χ1n) is 4.99. The lowest BCUT2D eigenvalue weighted by molar-refractivity contribution is -0.152. The summed E-state index contributed by atoms with van der Waals surface area (Å²) in [4.78, 5) is 11.4. The van der Waals surface area contributed by atoms with Gasteiger partial charge in [-0.05, 0) is 32.1 Å². The van der Waals surface area contributed by atoms with E-state index in [1.54, 1.807) is 0 Å². The summed E-state index contributed by atoms with van der Waals surface area (Å²) in [5.41, 5.74) is 0. The molecule has 1 rings (SSSR count). The van der Waals surface area contributed by atoms with Crippen LogP contribution in [0, 0.1) is 11.8 Å². The fraction of sp³-hybridized carbons (Fsp3) is 0.900. The van der Waals surface area contributed by atoms with E-state index in [-0.39, 0.29) is 23.9 Å². The highest BCUT2D eigenvalue weighted by molar-refractivity contribution is 5.72. The van der Waals surface area contributed by atoms with Crippen molar-refractivity contribution in [3.63, 3.8) is 0 Å². The Hall–Kier alpha value is -0.570. The maximum atomic E-state index is 11.4. The van der Waals surface area contributed by atoms with E-state index in [1.165, 1.54) is 0 Å². The molecule has 13 heavy (non-hydrogen) atoms. The fourth-order valence-electron chi connectivity index (χ4n) is 1.97. The number of hydrogen-bond acceptors (Lipinski definition) is 3. The van der Waals surface area contributed by atoms with Gasteiger partial charge in [0.05, 0.1) is 18.6 Å². The smallest absolute Gasteiger partial charge is 0.309 e. The van der Waals surface area contributed by atoms with Crippen molar-refractivity contribution in [2.45, 2.75) is 39.2 Å². The van der Waals surface area contributed by atoms with E-state index in [0.717, 1.165) is 19.3 Å². The molecule has 0 spiro atoms. The molecule has 0 aliphatic heterocycles. The minimum Gasteiger partial charge on any atom is -0.466 e. The number of esters is 1. The standard InChI is InChI=1S/C10H18O3/c1-3-13-10(12)9-5-4-8(11)6-7(9)2/h7-9,11H,3-6H2,1-2H3/t7-,8?,9-/m0/s1. The molecule has 0 bridgehead atoms. The van der Waals surface area contributed by atoms with Crippen molar-refractivity contribution in [2.24, 2.45) is 11.8 Å². The Labute approximate surface area is 79.1 Å². The number of hydrogen-bond donors (Lipinski definition) is 1. The van der Waals surface area contributed by atoms with Crippen LogP contribution in [-0.2, 0) is 9.53 Å². The second-order valence-electron chi connectivity index (χ2n) is 3.80. The minimum absolute atomic E-state index is 0.00310. The third kappa shape index (κ3) is 2.69. The van der Waals surface area contributed by atoms with Crippen LogP contribution in [0.4, 0.5) is 0 Å². The molecule has 0 aromatic rings. The summed E-state index contributed by atoms with van der Waals surface area (Å²) in [6.07, 6.45) is 2.00. The van der Waals surface area contributed by atoms with Crippen LogP contribution in [0.3, 0.4) is 0 Å². The summed E-state index contributed by atoms with van der Waals surface area (Å²) in [6, 6.07) is 0. The van der Waals surface area contributed by atoms with E-state index in [0.29, 0.717) is 6.61 Å². The molecule has 0 heterocycles. The van der Waals surface area contributed by atoms with Gasteiger partial charge in [-0.3, -0.25) is 4.79 Å². The van der Waals surface area contributed by atoms with Gasteiger partial charge in [-0.1, -0.05) is 6.92 Å². The van der Waals surface area contributed by atoms with Crippen LogP contribution >= 0.6 is 0 Å². The van der Waals surface area contributed by atoms with E-state index >= 15 is 0 Å². The molecule has 3 nitrogen and oxygen atoms in total. The first kappa shape index (κ1) is 10.5. The average molecular weight is 186 g/mol. The van der Waals surface area contributed by atoms with E-state index in [1.807, 2.05) is 13.8 Å². The van der Waals surface area contributed by atoms with Crippen molar-refractivity contribution in [3.8, 4) is 0 Å². The Kier molecular flexibility index (Phi) is 3.72. The predicted molar refractivity (Wildman–Crippen MR) is 49.1 cm³/mol. The van der Waals surface area contributed by atoms with Gasteiger partial charge in [-0.2, -0.15) is 0 Å². The summed E-state index contributed by atoms with van der Waals surface area (Å²) in [6.45, 7) is 4.27. The summed E-state index contributed by atoms with van der Waals surface area (Å²) >= 11 is 0. The molecule has 3 atom stereocenters. The molecule has 0 aromatic carbocycles. The molecule has 1 fully saturated rings. The second kappa shape index (κ2) is 4.61. The normalized spacial score (nSPS) is 34.2. The Morgan fingerprint density at radius 2 is 2.23 bits per heavy atom. The fourth-order valence-corrected chi connectivity index (χ4v) is 1.97. The summed E-state index contributed by atoms with van der Waals surface area (Å²) in [5.74, 6) is 0.160. The zero-order valence-corrected chi connectivity index (χ0v) is 8.32. The SMILES string of the molecule is CCOC(=O)[C@H]1CCC(O)C[C@@H]1C. The Bertz CT molecular complexity index is 179. The van der Waals surface area contributed by atoms with Crippen molar-refractivity contribution in [2.75, 3.05) is 6.61 Å². The third-order valence-corrected chi connectivity index (χ3v) is 2.73. The predicted octanol–water partition coefficient (Wildman–Crippen LogP) is 1.35. The molecule has 1 saturated carbocycles. The van der Waals surface area contributed by atoms with Crippen molar-refractivity contribution in [3.05, 3.63) is 0 Å². The molecule has 0 radical (unpaired) electrons. The highest BCUT2D eigenvalue weighted by Crippen LogP contribution is 2.30. The molecule has 3 heteroatoms. The molecule has 1 aliphatic rings. The molecule has 1 unspecified atom stereocenters. The average Bonchev–Trinajstić information content (AvgIpc) is 2.04. The number of aliphatic hydroxyl groups is 1. The van der Waals surface area contributed by atoms with E-state index in [2.05, 4.69) is 0 Å². The maximum absolute atomic E-state index is 11.4. The molecule has 0 saturated heterocycles. The first-order chi connectivity index (χ1) is 6.15. The number of ether oxygens (including phenoxy) is 1. The van der Waals surface area contributed by atoms with Crippen LogP contribution in [0.25, 0.3) is 0 Å². The van der Waals surface area contributed by atoms with Gasteiger partial charge >= 0.3 is 5.97 Å². The van der Waals surface area contributed by atoms with Gasteiger partial charge in [0.2, 0.25) is 0 Å². The van der Waals surface area contributed by atoms with E-state index < -0.39 is 0 Å². The summed E-state index contributed by atoms with van der Waals surface area (Å²) in [5, 5.41) is 9.36. The van der Waals surface area contributed by atoms with Gasteiger partial charge in [0.1, 0.15) is 0 Å². The van der Waals surface area contributed by atoms with Crippen molar-refractivity contribution < 1.29 is 14.6 Å². The molecule has 1 aliphatic carbocycles. The van der Waals surface area contributed by atoms with Gasteiger partial charge in [0.15, 0.2) is 0 Å². The van der Waals surface area contributed by atoms with Gasteiger partial charge in [-0.15, -0.1) is 0 Å². The molecule has 76 valence electrons. The lowest BCUT2D eigenvalue weighted by atomic mass is 9.79. The number of rotatable bonds is 2. The number of aliphatic hydroxyl groups excluding tert-OH is 1. The Morgan fingerprint density at radius 1 is 1.54 bits per heavy atom. The van der Waals surface area contributed by atoms with Gasteiger partial charge in [0.25, 0.3) is 0 Å². The lowest BCUT2D eigenvalue weighted by Crippen LogP contribution is -2.32. The first-order valence-corrected chi connectivity index (χ1v) is 4.99. The van der Waals surface area contributed by atoms with Gasteiger partial charge in [-0.25, -0.2) is 0 Å². The quantitative estimate of drug-likeness (QED) is 0.662. The Morgan fingerprint density at radius 3 is 2.77 bits per heavy atom. The summed E-state index contributed by atoms with van der Waals surface area (Å²) < 4.78 is 4.97. The van der Waals surface area contributed by atoms with Gasteiger partial charge in [0, 0.05) is 0 Å². The molecular weight excluding hydrogens is 168 g/mol. The van der Waals surface area contributed by atoms with E-state index in [4.69, 9.17) is 4.74 Å². The topological polar surface area (TPSA) is 46.5 Å². The zero-order valence-electron chi connectivity index (χ0n) is 8.32. The number of carbonyl (C=O) groups is 1. The van der Waals surface area contributed by atoms with Crippen LogP contribution in [0.15, 0.2) is 0 Å². The van der Waals surface area contributed by atoms with Crippen LogP contribution in [-0.4, -0.2) is 23.8 Å². The summed E-state index contributed by atoms with van der Waals surface area (Å²) in [7, 11) is 0. The molecule has 1 N–H and O–H groups in total. The maximum Gasteiger partial charge on any atom is 0.309 e. The van der Waals surface area contributed by atoms with Crippen LogP contribution in [0.1, 0.15) is 33.1 Å². The highest BCUT2D eigenvalue weighted by atomic mass is 16.5. The molecule has 0 aromatic heterocycles. The van der Waals surface area contributed by atoms with Crippen LogP contribution in [0.5, 0.6) is 0 Å². The second-order valence-corrected chi connectivity index (χ2v) is 3.80. The lowest BCUT2D eigenvalue weighted by Gasteiger charge is -2.29. The largest absolute Gasteiger partial charge is 0.466 e. The zero-order chi connectivity index (χ0) is 9.84. The van der Waals surface area contributed by atoms with E-state index in [9.17, 15) is 9.90 Å². The molecule has 0 amide bonds. The Balaban J connectivity index is 2.45. The monoisotopic (exact) mass is 186 g/mol.